The number of carbonyl (C=O) groups excluding carboxylic acids is 1. The van der Waals surface area contributed by atoms with E-state index in [0.29, 0.717) is 24.0 Å². The van der Waals surface area contributed by atoms with Crippen molar-refractivity contribution in [2.75, 3.05) is 35.4 Å². The molecule has 0 bridgehead atoms. The van der Waals surface area contributed by atoms with Crippen molar-refractivity contribution in [1.29, 1.82) is 0 Å². The van der Waals surface area contributed by atoms with Crippen molar-refractivity contribution in [2.45, 2.75) is 12.7 Å². The zero-order valence-corrected chi connectivity index (χ0v) is 19.0. The average Bonchev–Trinajstić information content (AvgIpc) is 2.74. The van der Waals surface area contributed by atoms with E-state index in [-0.39, 0.29) is 11.8 Å². The molecule has 32 heavy (non-hydrogen) atoms. The van der Waals surface area contributed by atoms with E-state index in [2.05, 4.69) is 25.9 Å². The number of anilines is 5. The maximum absolute atomic E-state index is 11.6. The number of carbonyl (C=O) groups is 1. The van der Waals surface area contributed by atoms with Crippen LogP contribution in [-0.4, -0.2) is 44.3 Å². The van der Waals surface area contributed by atoms with Gasteiger partial charge in [-0.2, -0.15) is 4.98 Å². The van der Waals surface area contributed by atoms with Crippen molar-refractivity contribution in [3.05, 3.63) is 66.4 Å². The summed E-state index contributed by atoms with van der Waals surface area (Å²) in [4.78, 5) is 22.3. The van der Waals surface area contributed by atoms with E-state index in [1.807, 2.05) is 43.1 Å². The average molecular weight is 455 g/mol. The highest BCUT2D eigenvalue weighted by atomic mass is 32.2. The summed E-state index contributed by atoms with van der Waals surface area (Å²) in [6, 6.07) is 16.1. The van der Waals surface area contributed by atoms with Crippen LogP contribution in [0, 0.1) is 0 Å². The van der Waals surface area contributed by atoms with Gasteiger partial charge in [-0.25, -0.2) is 18.2 Å². The summed E-state index contributed by atoms with van der Waals surface area (Å²) in [6.07, 6.45) is 2.87. The monoisotopic (exact) mass is 454 g/mol. The molecule has 2 amide bonds. The molecular formula is C22H26N6O3S. The Morgan fingerprint density at radius 2 is 1.66 bits per heavy atom. The van der Waals surface area contributed by atoms with E-state index in [0.717, 1.165) is 16.9 Å². The van der Waals surface area contributed by atoms with Crippen LogP contribution in [0.2, 0.25) is 0 Å². The van der Waals surface area contributed by atoms with Crippen LogP contribution in [0.3, 0.4) is 0 Å². The Bertz CT molecular complexity index is 1170. The number of urea groups is 1. The van der Waals surface area contributed by atoms with Crippen molar-refractivity contribution in [3.8, 4) is 0 Å². The maximum Gasteiger partial charge on any atom is 0.319 e. The number of nitrogens with zero attached hydrogens (tertiary/aromatic N) is 3. The van der Waals surface area contributed by atoms with Gasteiger partial charge >= 0.3 is 6.03 Å². The molecule has 1 heterocycles. The molecule has 0 radical (unpaired) electrons. The highest BCUT2D eigenvalue weighted by Gasteiger charge is 2.09. The lowest BCUT2D eigenvalue weighted by Gasteiger charge is -2.19. The predicted octanol–water partition coefficient (Wildman–Crippen LogP) is 3.67. The molecule has 0 saturated carbocycles. The highest BCUT2D eigenvalue weighted by Crippen LogP contribution is 2.24. The fourth-order valence-corrected chi connectivity index (χ4v) is 3.75. The van der Waals surface area contributed by atoms with E-state index in [4.69, 9.17) is 0 Å². The van der Waals surface area contributed by atoms with Gasteiger partial charge in [0.15, 0.2) is 9.84 Å². The smallest absolute Gasteiger partial charge is 0.319 e. The van der Waals surface area contributed by atoms with Crippen molar-refractivity contribution < 1.29 is 13.2 Å². The second kappa shape index (κ2) is 10.1. The molecule has 0 atom stereocenters. The minimum atomic E-state index is -3.08. The lowest BCUT2D eigenvalue weighted by atomic mass is 10.2. The quantitative estimate of drug-likeness (QED) is 0.475. The van der Waals surface area contributed by atoms with Crippen molar-refractivity contribution in [1.82, 2.24) is 15.3 Å². The fraction of sp³-hybridized carbons (Fsp3) is 0.227. The molecule has 3 rings (SSSR count). The van der Waals surface area contributed by atoms with Gasteiger partial charge in [-0.1, -0.05) is 12.1 Å². The van der Waals surface area contributed by atoms with E-state index in [1.54, 1.807) is 36.5 Å². The Balaban J connectivity index is 1.68. The first-order valence-electron chi connectivity index (χ1n) is 9.99. The Kier molecular flexibility index (Phi) is 7.26. The lowest BCUT2D eigenvalue weighted by Crippen LogP contribution is -2.28. The van der Waals surface area contributed by atoms with Crippen LogP contribution >= 0.6 is 0 Å². The third-order valence-electron chi connectivity index (χ3n) is 4.47. The van der Waals surface area contributed by atoms with Gasteiger partial charge in [0.2, 0.25) is 5.95 Å². The summed E-state index contributed by atoms with van der Waals surface area (Å²) < 4.78 is 22.9. The van der Waals surface area contributed by atoms with E-state index in [9.17, 15) is 13.2 Å². The van der Waals surface area contributed by atoms with Crippen molar-refractivity contribution in [3.63, 3.8) is 0 Å². The third-order valence-corrected chi connectivity index (χ3v) is 5.33. The molecule has 3 N–H and O–H groups in total. The second-order valence-corrected chi connectivity index (χ2v) is 9.36. The molecule has 3 aromatic rings. The lowest BCUT2D eigenvalue weighted by molar-refractivity contribution is 0.252. The zero-order chi connectivity index (χ0) is 23.1. The standard InChI is InChI=1S/C22H26N6O3S/c1-4-23-22(29)26-18-9-11-19(12-10-18)28(2)20-13-14-24-21(27-20)25-17-7-5-16(6-8-17)15-32(3,30)31/h5-14H,4,15H2,1-3H3,(H2,23,26,29)(H,24,25,27). The highest BCUT2D eigenvalue weighted by molar-refractivity contribution is 7.89. The second-order valence-electron chi connectivity index (χ2n) is 7.22. The Morgan fingerprint density at radius 1 is 1.00 bits per heavy atom. The molecule has 0 spiro atoms. The van der Waals surface area contributed by atoms with Crippen LogP contribution in [0.1, 0.15) is 12.5 Å². The van der Waals surface area contributed by atoms with Crippen LogP contribution in [0.4, 0.5) is 33.6 Å². The normalized spacial score (nSPS) is 11.0. The van der Waals surface area contributed by atoms with Gasteiger partial charge in [0, 0.05) is 43.1 Å². The van der Waals surface area contributed by atoms with Gasteiger partial charge in [0.1, 0.15) is 5.82 Å². The first-order chi connectivity index (χ1) is 15.2. The molecule has 10 heteroatoms. The number of hydrogen-bond donors (Lipinski definition) is 3. The number of sulfone groups is 1. The number of benzene rings is 2. The Hall–Kier alpha value is -3.66. The van der Waals surface area contributed by atoms with Crippen LogP contribution in [0.25, 0.3) is 0 Å². The summed E-state index contributed by atoms with van der Waals surface area (Å²) >= 11 is 0. The fourth-order valence-electron chi connectivity index (χ4n) is 2.95. The van der Waals surface area contributed by atoms with Gasteiger partial charge in [-0.3, -0.25) is 0 Å². The third kappa shape index (κ3) is 6.67. The van der Waals surface area contributed by atoms with Gasteiger partial charge in [0.25, 0.3) is 0 Å². The largest absolute Gasteiger partial charge is 0.338 e. The SMILES string of the molecule is CCNC(=O)Nc1ccc(N(C)c2ccnc(Nc3ccc(CS(C)(=O)=O)cc3)n2)cc1. The zero-order valence-electron chi connectivity index (χ0n) is 18.2. The van der Waals surface area contributed by atoms with Crippen LogP contribution < -0.4 is 20.9 Å². The minimum Gasteiger partial charge on any atom is -0.338 e. The molecule has 0 aliphatic rings. The molecule has 0 saturated heterocycles. The van der Waals surface area contributed by atoms with Gasteiger partial charge in [-0.15, -0.1) is 0 Å². The summed E-state index contributed by atoms with van der Waals surface area (Å²) in [7, 11) is -1.19. The number of nitrogens with one attached hydrogen (secondary N) is 3. The van der Waals surface area contributed by atoms with Gasteiger partial charge in [0.05, 0.1) is 5.75 Å². The topological polar surface area (TPSA) is 116 Å². The first kappa shape index (κ1) is 23.0. The van der Waals surface area contributed by atoms with Crippen molar-refractivity contribution >= 4 is 44.7 Å². The van der Waals surface area contributed by atoms with Crippen LogP contribution in [0.5, 0.6) is 0 Å². The van der Waals surface area contributed by atoms with Gasteiger partial charge in [-0.05, 0) is 55.0 Å². The van der Waals surface area contributed by atoms with E-state index >= 15 is 0 Å². The number of aromatic nitrogens is 2. The van der Waals surface area contributed by atoms with Gasteiger partial charge < -0.3 is 20.9 Å². The number of amides is 2. The maximum atomic E-state index is 11.6. The summed E-state index contributed by atoms with van der Waals surface area (Å²) in [5.41, 5.74) is 3.05. The molecule has 0 fully saturated rings. The van der Waals surface area contributed by atoms with E-state index < -0.39 is 9.84 Å². The van der Waals surface area contributed by atoms with Crippen molar-refractivity contribution in [2.24, 2.45) is 0 Å². The summed E-state index contributed by atoms with van der Waals surface area (Å²) in [5.74, 6) is 1.10. The molecule has 0 aliphatic carbocycles. The molecule has 1 aromatic heterocycles. The minimum absolute atomic E-state index is 0.00163. The predicted molar refractivity (Wildman–Crippen MR) is 128 cm³/mol. The van der Waals surface area contributed by atoms with Crippen LogP contribution in [0.15, 0.2) is 60.8 Å². The summed E-state index contributed by atoms with van der Waals surface area (Å²) in [5, 5.41) is 8.58. The summed E-state index contributed by atoms with van der Waals surface area (Å²) in [6.45, 7) is 2.41. The number of rotatable bonds is 8. The Labute approximate surface area is 187 Å². The number of hydrogen-bond acceptors (Lipinski definition) is 7. The molecule has 2 aromatic carbocycles. The first-order valence-corrected chi connectivity index (χ1v) is 12.0. The molecule has 0 aliphatic heterocycles. The van der Waals surface area contributed by atoms with Crippen LogP contribution in [-0.2, 0) is 15.6 Å². The molecule has 168 valence electrons. The molecule has 9 nitrogen and oxygen atoms in total. The molecular weight excluding hydrogens is 428 g/mol. The van der Waals surface area contributed by atoms with E-state index in [1.165, 1.54) is 6.26 Å². The Morgan fingerprint density at radius 3 is 2.28 bits per heavy atom. The molecule has 0 unspecified atom stereocenters.